The molecule has 0 saturated heterocycles. The quantitative estimate of drug-likeness (QED) is 0.665. The van der Waals surface area contributed by atoms with Gasteiger partial charge in [0.05, 0.1) is 6.42 Å². The van der Waals surface area contributed by atoms with Gasteiger partial charge in [-0.2, -0.15) is 0 Å². The van der Waals surface area contributed by atoms with Crippen molar-refractivity contribution in [1.29, 1.82) is 0 Å². The van der Waals surface area contributed by atoms with Crippen molar-refractivity contribution in [3.05, 3.63) is 23.3 Å². The number of hydrogen-bond acceptors (Lipinski definition) is 2. The van der Waals surface area contributed by atoms with Crippen molar-refractivity contribution >= 4 is 11.6 Å². The number of Topliss-reactive ketones (excluding diaryl/α,β-unsaturated/α-hetero) is 2. The first-order chi connectivity index (χ1) is 6.82. The zero-order valence-corrected chi connectivity index (χ0v) is 9.89. The molecule has 1 aliphatic carbocycles. The van der Waals surface area contributed by atoms with Crippen LogP contribution in [-0.2, 0) is 9.59 Å². The second kappa shape index (κ2) is 4.13. The highest BCUT2D eigenvalue weighted by molar-refractivity contribution is 6.07. The van der Waals surface area contributed by atoms with E-state index < -0.39 is 0 Å². The number of carbonyl (C=O) groups is 2. The molecule has 0 heterocycles. The van der Waals surface area contributed by atoms with E-state index in [1.165, 1.54) is 6.92 Å². The first kappa shape index (κ1) is 11.9. The van der Waals surface area contributed by atoms with Crippen LogP contribution in [-0.4, -0.2) is 11.6 Å². The van der Waals surface area contributed by atoms with Crippen molar-refractivity contribution in [2.45, 2.75) is 40.5 Å². The van der Waals surface area contributed by atoms with Crippen molar-refractivity contribution in [1.82, 2.24) is 0 Å². The summed E-state index contributed by atoms with van der Waals surface area (Å²) in [4.78, 5) is 22.7. The predicted octanol–water partition coefficient (Wildman–Crippen LogP) is 2.84. The Morgan fingerprint density at radius 3 is 2.53 bits per heavy atom. The highest BCUT2D eigenvalue weighted by atomic mass is 16.1. The number of allylic oxidation sites excluding steroid dienone is 4. The Morgan fingerprint density at radius 1 is 1.40 bits per heavy atom. The van der Waals surface area contributed by atoms with E-state index in [1.54, 1.807) is 0 Å². The van der Waals surface area contributed by atoms with Crippen molar-refractivity contribution in [3.63, 3.8) is 0 Å². The monoisotopic (exact) mass is 206 g/mol. The smallest absolute Gasteiger partial charge is 0.166 e. The molecule has 15 heavy (non-hydrogen) atoms. The Bertz CT molecular complexity index is 357. The average Bonchev–Trinajstić information content (AvgIpc) is 2.08. The summed E-state index contributed by atoms with van der Waals surface area (Å²) in [6, 6.07) is 0. The van der Waals surface area contributed by atoms with Gasteiger partial charge in [0.2, 0.25) is 0 Å². The van der Waals surface area contributed by atoms with Crippen LogP contribution in [0, 0.1) is 5.41 Å². The number of rotatable bonds is 3. The molecular formula is C13H18O2. The lowest BCUT2D eigenvalue weighted by Gasteiger charge is -2.26. The maximum Gasteiger partial charge on any atom is 0.166 e. The molecule has 0 unspecified atom stereocenters. The van der Waals surface area contributed by atoms with Gasteiger partial charge in [0.25, 0.3) is 0 Å². The molecule has 0 bridgehead atoms. The molecule has 0 aromatic rings. The van der Waals surface area contributed by atoms with E-state index >= 15 is 0 Å². The van der Waals surface area contributed by atoms with Gasteiger partial charge in [0.1, 0.15) is 5.78 Å². The van der Waals surface area contributed by atoms with E-state index in [-0.39, 0.29) is 23.4 Å². The lowest BCUT2D eigenvalue weighted by molar-refractivity contribution is -0.124. The average molecular weight is 206 g/mol. The van der Waals surface area contributed by atoms with Gasteiger partial charge in [0.15, 0.2) is 5.78 Å². The maximum atomic E-state index is 11.8. The lowest BCUT2D eigenvalue weighted by atomic mass is 9.78. The normalized spacial score (nSPS) is 19.2. The van der Waals surface area contributed by atoms with Crippen LogP contribution in [0.5, 0.6) is 0 Å². The van der Waals surface area contributed by atoms with Crippen LogP contribution in [0.15, 0.2) is 23.3 Å². The third kappa shape index (κ3) is 3.15. The van der Waals surface area contributed by atoms with Crippen LogP contribution in [0.1, 0.15) is 40.5 Å². The second-order valence-electron chi connectivity index (χ2n) is 4.96. The fraction of sp³-hybridized carbons (Fsp3) is 0.538. The second-order valence-corrected chi connectivity index (χ2v) is 4.96. The summed E-state index contributed by atoms with van der Waals surface area (Å²) in [6.07, 6.45) is 4.88. The van der Waals surface area contributed by atoms with E-state index in [0.29, 0.717) is 0 Å². The summed E-state index contributed by atoms with van der Waals surface area (Å²) in [7, 11) is 0. The summed E-state index contributed by atoms with van der Waals surface area (Å²) in [5, 5.41) is 0. The number of carbonyl (C=O) groups excluding carboxylic acids is 2. The third-order valence-electron chi connectivity index (χ3n) is 2.64. The minimum absolute atomic E-state index is 0.0163. The predicted molar refractivity (Wildman–Crippen MR) is 60.5 cm³/mol. The molecule has 0 amide bonds. The Balaban J connectivity index is 2.89. The minimum Gasteiger partial charge on any atom is -0.300 e. The zero-order chi connectivity index (χ0) is 11.6. The van der Waals surface area contributed by atoms with Gasteiger partial charge in [-0.3, -0.25) is 9.59 Å². The van der Waals surface area contributed by atoms with Crippen molar-refractivity contribution < 1.29 is 9.59 Å². The number of ketones is 2. The van der Waals surface area contributed by atoms with Gasteiger partial charge >= 0.3 is 0 Å². The van der Waals surface area contributed by atoms with Crippen LogP contribution >= 0.6 is 0 Å². The molecule has 82 valence electrons. The minimum atomic E-state index is -0.0624. The van der Waals surface area contributed by atoms with Crippen molar-refractivity contribution in [2.75, 3.05) is 0 Å². The molecule has 1 aliphatic rings. The molecule has 0 fully saturated rings. The molecule has 0 radical (unpaired) electrons. The summed E-state index contributed by atoms with van der Waals surface area (Å²) in [5.41, 5.74) is 1.85. The summed E-state index contributed by atoms with van der Waals surface area (Å²) in [6.45, 7) is 7.57. The Labute approximate surface area is 91.1 Å². The Kier molecular flexibility index (Phi) is 3.28. The molecule has 0 N–H and O–H groups in total. The molecular weight excluding hydrogens is 188 g/mol. The topological polar surface area (TPSA) is 34.1 Å². The van der Waals surface area contributed by atoms with Crippen LogP contribution in [0.25, 0.3) is 0 Å². The number of hydrogen-bond donors (Lipinski definition) is 0. The van der Waals surface area contributed by atoms with E-state index in [2.05, 4.69) is 19.9 Å². The van der Waals surface area contributed by atoms with Crippen LogP contribution in [0.4, 0.5) is 0 Å². The lowest BCUT2D eigenvalue weighted by Crippen LogP contribution is -2.19. The molecule has 0 aliphatic heterocycles. The summed E-state index contributed by atoms with van der Waals surface area (Å²) in [5.74, 6) is -0.0786. The van der Waals surface area contributed by atoms with Crippen LogP contribution in [0.2, 0.25) is 0 Å². The fourth-order valence-electron chi connectivity index (χ4n) is 1.76. The Morgan fingerprint density at radius 2 is 2.00 bits per heavy atom. The van der Waals surface area contributed by atoms with Crippen LogP contribution in [0.3, 0.4) is 0 Å². The fourth-order valence-corrected chi connectivity index (χ4v) is 1.76. The van der Waals surface area contributed by atoms with Gasteiger partial charge in [-0.05, 0) is 36.8 Å². The first-order valence-electron chi connectivity index (χ1n) is 5.23. The van der Waals surface area contributed by atoms with E-state index in [1.807, 2.05) is 13.0 Å². The van der Waals surface area contributed by atoms with Gasteiger partial charge in [-0.1, -0.05) is 26.0 Å². The summed E-state index contributed by atoms with van der Waals surface area (Å²) < 4.78 is 0. The standard InChI is InChI=1S/C13H18O2/c1-9-5-6-13(3,4)8-11(9)12(15)7-10(2)14/h5-6H,7-8H2,1-4H3. The molecule has 0 spiro atoms. The van der Waals surface area contributed by atoms with Gasteiger partial charge in [-0.25, -0.2) is 0 Å². The summed E-state index contributed by atoms with van der Waals surface area (Å²) >= 11 is 0. The molecule has 0 atom stereocenters. The third-order valence-corrected chi connectivity index (χ3v) is 2.64. The molecule has 0 saturated carbocycles. The molecule has 2 heteroatoms. The SMILES string of the molecule is CC(=O)CC(=O)C1=C(C)C=CC(C)(C)C1. The maximum absolute atomic E-state index is 11.8. The van der Waals surface area contributed by atoms with Crippen molar-refractivity contribution in [3.8, 4) is 0 Å². The molecule has 1 rings (SSSR count). The van der Waals surface area contributed by atoms with Gasteiger partial charge in [0, 0.05) is 0 Å². The molecule has 0 aromatic heterocycles. The van der Waals surface area contributed by atoms with E-state index in [0.717, 1.165) is 17.6 Å². The van der Waals surface area contributed by atoms with E-state index in [4.69, 9.17) is 0 Å². The van der Waals surface area contributed by atoms with Gasteiger partial charge in [-0.15, -0.1) is 0 Å². The van der Waals surface area contributed by atoms with E-state index in [9.17, 15) is 9.59 Å². The first-order valence-corrected chi connectivity index (χ1v) is 5.23. The van der Waals surface area contributed by atoms with Crippen LogP contribution < -0.4 is 0 Å². The van der Waals surface area contributed by atoms with Crippen molar-refractivity contribution in [2.24, 2.45) is 5.41 Å². The zero-order valence-electron chi connectivity index (χ0n) is 9.89. The molecule has 0 aromatic carbocycles. The highest BCUT2D eigenvalue weighted by Crippen LogP contribution is 2.34. The van der Waals surface area contributed by atoms with Gasteiger partial charge < -0.3 is 0 Å². The largest absolute Gasteiger partial charge is 0.300 e. The highest BCUT2D eigenvalue weighted by Gasteiger charge is 2.25. The Hall–Kier alpha value is -1.18. The molecule has 2 nitrogen and oxygen atoms in total.